The van der Waals surface area contributed by atoms with Crippen LogP contribution < -0.4 is 0 Å². The first-order chi connectivity index (χ1) is 5.25. The van der Waals surface area contributed by atoms with E-state index in [-0.39, 0.29) is 5.91 Å². The van der Waals surface area contributed by atoms with E-state index in [9.17, 15) is 4.79 Å². The minimum atomic E-state index is -0.0683. The number of hydrogen-bond acceptors (Lipinski definition) is 4. The quantitative estimate of drug-likeness (QED) is 0.655. The molecule has 5 heteroatoms. The van der Waals surface area contributed by atoms with E-state index in [1.807, 2.05) is 6.92 Å². The zero-order chi connectivity index (χ0) is 8.27. The first kappa shape index (κ1) is 8.13. The average Bonchev–Trinajstić information content (AvgIpc) is 2.53. The Balaban J connectivity index is 2.70. The van der Waals surface area contributed by atoms with Gasteiger partial charge in [0.05, 0.1) is 17.9 Å². The van der Waals surface area contributed by atoms with Gasteiger partial charge in [0.2, 0.25) is 0 Å². The van der Waals surface area contributed by atoms with Gasteiger partial charge >= 0.3 is 0 Å². The fourth-order valence-electron chi connectivity index (χ4n) is 0.598. The van der Waals surface area contributed by atoms with Crippen LogP contribution in [0.1, 0.15) is 17.4 Å². The molecule has 0 radical (unpaired) electrons. The highest BCUT2D eigenvalue weighted by atomic mass is 32.1. The number of carbonyl (C=O) groups is 1. The molecule has 0 unspecified atom stereocenters. The van der Waals surface area contributed by atoms with Gasteiger partial charge in [-0.15, -0.1) is 0 Å². The number of aromatic nitrogens is 2. The third-order valence-electron chi connectivity index (χ3n) is 1.40. The van der Waals surface area contributed by atoms with Crippen LogP contribution in [-0.4, -0.2) is 33.1 Å². The smallest absolute Gasteiger partial charge is 0.274 e. The molecule has 0 aliphatic carbocycles. The van der Waals surface area contributed by atoms with Crippen LogP contribution in [-0.2, 0) is 0 Å². The summed E-state index contributed by atoms with van der Waals surface area (Å²) in [6.45, 7) is 2.61. The maximum atomic E-state index is 11.3. The lowest BCUT2D eigenvalue weighted by molar-refractivity contribution is 0.0798. The Morgan fingerprint density at radius 2 is 2.55 bits per heavy atom. The van der Waals surface area contributed by atoms with E-state index in [4.69, 9.17) is 0 Å². The summed E-state index contributed by atoms with van der Waals surface area (Å²) in [5.74, 6) is -0.0683. The second kappa shape index (κ2) is 3.43. The van der Waals surface area contributed by atoms with E-state index >= 15 is 0 Å². The second-order valence-corrected chi connectivity index (χ2v) is 2.67. The lowest BCUT2D eigenvalue weighted by atomic mass is 10.4. The van der Waals surface area contributed by atoms with Gasteiger partial charge in [-0.25, -0.2) is 0 Å². The number of carbonyl (C=O) groups excluding carboxylic acids is 1. The largest absolute Gasteiger partial charge is 0.341 e. The molecule has 0 aliphatic rings. The van der Waals surface area contributed by atoms with Gasteiger partial charge in [0, 0.05) is 13.6 Å². The summed E-state index contributed by atoms with van der Waals surface area (Å²) >= 11 is 1.05. The zero-order valence-corrected chi connectivity index (χ0v) is 7.26. The topological polar surface area (TPSA) is 46.1 Å². The molecule has 1 rings (SSSR count). The van der Waals surface area contributed by atoms with Crippen LogP contribution in [0.4, 0.5) is 0 Å². The van der Waals surface area contributed by atoms with Crippen molar-refractivity contribution in [2.75, 3.05) is 13.6 Å². The number of amides is 1. The van der Waals surface area contributed by atoms with Crippen molar-refractivity contribution < 1.29 is 4.79 Å². The summed E-state index contributed by atoms with van der Waals surface area (Å²) in [5.41, 5.74) is 0.430. The Morgan fingerprint density at radius 3 is 3.00 bits per heavy atom. The predicted octanol–water partition coefficient (Wildman–Crippen LogP) is 0.630. The Labute approximate surface area is 69.2 Å². The molecule has 4 nitrogen and oxygen atoms in total. The van der Waals surface area contributed by atoms with E-state index < -0.39 is 0 Å². The highest BCUT2D eigenvalue weighted by Crippen LogP contribution is 1.99. The lowest BCUT2D eigenvalue weighted by Crippen LogP contribution is -2.26. The third kappa shape index (κ3) is 1.74. The van der Waals surface area contributed by atoms with Gasteiger partial charge in [0.15, 0.2) is 5.69 Å². The zero-order valence-electron chi connectivity index (χ0n) is 6.44. The van der Waals surface area contributed by atoms with Gasteiger partial charge < -0.3 is 4.90 Å². The molecule has 1 aromatic heterocycles. The molecule has 1 aromatic rings. The molecular formula is C6H9N3OS. The first-order valence-corrected chi connectivity index (χ1v) is 4.01. The van der Waals surface area contributed by atoms with Crippen LogP contribution in [0.5, 0.6) is 0 Å². The summed E-state index contributed by atoms with van der Waals surface area (Å²) in [5, 5.41) is 0. The lowest BCUT2D eigenvalue weighted by Gasteiger charge is -2.11. The van der Waals surface area contributed by atoms with E-state index in [2.05, 4.69) is 8.75 Å². The summed E-state index contributed by atoms with van der Waals surface area (Å²) in [6, 6.07) is 0. The molecule has 0 fully saturated rings. The van der Waals surface area contributed by atoms with Gasteiger partial charge in [0.1, 0.15) is 0 Å². The van der Waals surface area contributed by atoms with Gasteiger partial charge in [-0.1, -0.05) is 0 Å². The highest BCUT2D eigenvalue weighted by Gasteiger charge is 2.11. The average molecular weight is 171 g/mol. The van der Waals surface area contributed by atoms with Crippen molar-refractivity contribution in [2.45, 2.75) is 6.92 Å². The van der Waals surface area contributed by atoms with Crippen molar-refractivity contribution in [1.29, 1.82) is 0 Å². The monoisotopic (exact) mass is 171 g/mol. The summed E-state index contributed by atoms with van der Waals surface area (Å²) in [4.78, 5) is 12.9. The van der Waals surface area contributed by atoms with E-state index in [0.717, 1.165) is 11.7 Å². The third-order valence-corrected chi connectivity index (χ3v) is 1.88. The van der Waals surface area contributed by atoms with E-state index in [0.29, 0.717) is 12.2 Å². The normalized spacial score (nSPS) is 9.64. The molecule has 0 saturated carbocycles. The summed E-state index contributed by atoms with van der Waals surface area (Å²) < 4.78 is 7.57. The Hall–Kier alpha value is -0.970. The van der Waals surface area contributed by atoms with Crippen molar-refractivity contribution in [3.8, 4) is 0 Å². The molecule has 0 saturated heterocycles. The van der Waals surface area contributed by atoms with Crippen LogP contribution in [0.2, 0.25) is 0 Å². The molecule has 0 bridgehead atoms. The minimum Gasteiger partial charge on any atom is -0.341 e. The Morgan fingerprint density at radius 1 is 1.82 bits per heavy atom. The van der Waals surface area contributed by atoms with E-state index in [1.165, 1.54) is 6.20 Å². The molecule has 0 N–H and O–H groups in total. The van der Waals surface area contributed by atoms with Gasteiger partial charge in [-0.2, -0.15) is 8.75 Å². The predicted molar refractivity (Wildman–Crippen MR) is 42.5 cm³/mol. The second-order valence-electron chi connectivity index (χ2n) is 2.11. The van der Waals surface area contributed by atoms with Crippen molar-refractivity contribution in [3.63, 3.8) is 0 Å². The highest BCUT2D eigenvalue weighted by molar-refractivity contribution is 6.99. The van der Waals surface area contributed by atoms with Crippen LogP contribution in [0, 0.1) is 0 Å². The maximum absolute atomic E-state index is 11.3. The molecule has 0 spiro atoms. The standard InChI is InChI=1S/C6H9N3OS/c1-3-9(2)6(10)5-4-7-11-8-5/h4H,3H2,1-2H3. The number of rotatable bonds is 2. The van der Waals surface area contributed by atoms with Gasteiger partial charge in [0.25, 0.3) is 5.91 Å². The van der Waals surface area contributed by atoms with E-state index in [1.54, 1.807) is 11.9 Å². The molecule has 0 atom stereocenters. The molecule has 11 heavy (non-hydrogen) atoms. The van der Waals surface area contributed by atoms with Crippen molar-refractivity contribution in [1.82, 2.24) is 13.6 Å². The van der Waals surface area contributed by atoms with Crippen LogP contribution in [0.3, 0.4) is 0 Å². The van der Waals surface area contributed by atoms with Crippen LogP contribution in [0.25, 0.3) is 0 Å². The molecule has 1 heterocycles. The maximum Gasteiger partial charge on any atom is 0.274 e. The minimum absolute atomic E-state index is 0.0683. The Bertz CT molecular complexity index is 234. The summed E-state index contributed by atoms with van der Waals surface area (Å²) in [6.07, 6.45) is 1.49. The van der Waals surface area contributed by atoms with Crippen molar-refractivity contribution in [3.05, 3.63) is 11.9 Å². The van der Waals surface area contributed by atoms with Crippen molar-refractivity contribution in [2.24, 2.45) is 0 Å². The van der Waals surface area contributed by atoms with Gasteiger partial charge in [-0.3, -0.25) is 4.79 Å². The molecule has 0 aromatic carbocycles. The fraction of sp³-hybridized carbons (Fsp3) is 0.500. The SMILES string of the molecule is CCN(C)C(=O)c1cnsn1. The summed E-state index contributed by atoms with van der Waals surface area (Å²) in [7, 11) is 1.74. The molecule has 1 amide bonds. The Kier molecular flexibility index (Phi) is 2.53. The first-order valence-electron chi connectivity index (χ1n) is 3.28. The fourth-order valence-corrected chi connectivity index (χ4v) is 1.01. The molecular weight excluding hydrogens is 162 g/mol. The molecule has 60 valence electrons. The molecule has 0 aliphatic heterocycles. The van der Waals surface area contributed by atoms with Crippen molar-refractivity contribution >= 4 is 17.6 Å². The number of nitrogens with zero attached hydrogens (tertiary/aromatic N) is 3. The van der Waals surface area contributed by atoms with Crippen LogP contribution >= 0.6 is 11.7 Å². The van der Waals surface area contributed by atoms with Crippen LogP contribution in [0.15, 0.2) is 6.20 Å². The number of hydrogen-bond donors (Lipinski definition) is 0. The van der Waals surface area contributed by atoms with Gasteiger partial charge in [-0.05, 0) is 6.92 Å².